The molecule has 34 heavy (non-hydrogen) atoms. The summed E-state index contributed by atoms with van der Waals surface area (Å²) < 4.78 is 0. The quantitative estimate of drug-likeness (QED) is 0.465. The standard InChI is InChI=1S/C29H38N2O3/c1-20(2)16-25(27(33)29(3)14-15-29)31-28(34)23(17-21-10-6-4-7-11-21)19-26(32)24(30)18-22-12-8-5-9-13-22/h4-13,20,23-25H,14-19,30H2,1-3H3,(H,31,34)/t23-,24+,25+/m1/s1. The lowest BCUT2D eigenvalue weighted by molar-refractivity contribution is -0.134. The highest BCUT2D eigenvalue weighted by molar-refractivity contribution is 5.96. The fraction of sp³-hybridized carbons (Fsp3) is 0.483. The van der Waals surface area contributed by atoms with Crippen LogP contribution in [0.3, 0.4) is 0 Å². The molecule has 0 aromatic heterocycles. The van der Waals surface area contributed by atoms with Gasteiger partial charge in [0.2, 0.25) is 5.91 Å². The molecule has 0 bridgehead atoms. The van der Waals surface area contributed by atoms with E-state index in [9.17, 15) is 14.4 Å². The van der Waals surface area contributed by atoms with Crippen molar-refractivity contribution in [1.29, 1.82) is 0 Å². The van der Waals surface area contributed by atoms with E-state index in [1.807, 2.05) is 67.6 Å². The van der Waals surface area contributed by atoms with E-state index in [0.29, 0.717) is 19.3 Å². The van der Waals surface area contributed by atoms with Crippen molar-refractivity contribution in [3.05, 3.63) is 71.8 Å². The average Bonchev–Trinajstić information content (AvgIpc) is 3.57. The van der Waals surface area contributed by atoms with Crippen LogP contribution in [-0.2, 0) is 27.2 Å². The molecule has 0 spiro atoms. The van der Waals surface area contributed by atoms with Gasteiger partial charge >= 0.3 is 0 Å². The first-order chi connectivity index (χ1) is 16.2. The fourth-order valence-corrected chi connectivity index (χ4v) is 4.38. The van der Waals surface area contributed by atoms with E-state index in [1.165, 1.54) is 0 Å². The third kappa shape index (κ3) is 7.36. The van der Waals surface area contributed by atoms with Gasteiger partial charge in [-0.2, -0.15) is 0 Å². The summed E-state index contributed by atoms with van der Waals surface area (Å²) in [5, 5.41) is 3.03. The van der Waals surface area contributed by atoms with Gasteiger partial charge in [0.05, 0.1) is 12.1 Å². The lowest BCUT2D eigenvalue weighted by Crippen LogP contribution is -2.48. The minimum Gasteiger partial charge on any atom is -0.346 e. The van der Waals surface area contributed by atoms with Crippen LogP contribution < -0.4 is 11.1 Å². The zero-order valence-electron chi connectivity index (χ0n) is 20.6. The Morgan fingerprint density at radius 1 is 0.912 bits per heavy atom. The smallest absolute Gasteiger partial charge is 0.224 e. The normalized spacial score (nSPS) is 17.0. The van der Waals surface area contributed by atoms with Crippen molar-refractivity contribution in [2.75, 3.05) is 0 Å². The highest BCUT2D eigenvalue weighted by Gasteiger charge is 2.48. The van der Waals surface area contributed by atoms with Crippen molar-refractivity contribution < 1.29 is 14.4 Å². The second-order valence-corrected chi connectivity index (χ2v) is 10.5. The van der Waals surface area contributed by atoms with Gasteiger partial charge in [-0.1, -0.05) is 81.4 Å². The van der Waals surface area contributed by atoms with Crippen molar-refractivity contribution in [2.24, 2.45) is 23.0 Å². The highest BCUT2D eigenvalue weighted by atomic mass is 16.2. The van der Waals surface area contributed by atoms with Crippen LogP contribution in [0.2, 0.25) is 0 Å². The van der Waals surface area contributed by atoms with Crippen molar-refractivity contribution in [1.82, 2.24) is 5.32 Å². The lowest BCUT2D eigenvalue weighted by atomic mass is 9.88. The van der Waals surface area contributed by atoms with Gasteiger partial charge < -0.3 is 11.1 Å². The average molecular weight is 463 g/mol. The zero-order valence-corrected chi connectivity index (χ0v) is 20.6. The molecule has 2 aromatic carbocycles. The number of hydrogen-bond donors (Lipinski definition) is 2. The molecule has 2 aromatic rings. The maximum Gasteiger partial charge on any atom is 0.224 e. The summed E-state index contributed by atoms with van der Waals surface area (Å²) in [5.74, 6) is -0.579. The monoisotopic (exact) mass is 462 g/mol. The summed E-state index contributed by atoms with van der Waals surface area (Å²) in [5.41, 5.74) is 7.89. The Morgan fingerprint density at radius 3 is 1.94 bits per heavy atom. The molecule has 0 saturated heterocycles. The molecule has 5 heteroatoms. The van der Waals surface area contributed by atoms with Crippen LogP contribution in [0.15, 0.2) is 60.7 Å². The van der Waals surface area contributed by atoms with Crippen LogP contribution in [0.5, 0.6) is 0 Å². The number of hydrogen-bond acceptors (Lipinski definition) is 4. The number of carbonyl (C=O) groups is 3. The van der Waals surface area contributed by atoms with Gasteiger partial charge in [0.15, 0.2) is 11.6 Å². The topological polar surface area (TPSA) is 89.3 Å². The van der Waals surface area contributed by atoms with Crippen LogP contribution >= 0.6 is 0 Å². The van der Waals surface area contributed by atoms with Crippen molar-refractivity contribution in [2.45, 2.75) is 71.4 Å². The molecule has 182 valence electrons. The Bertz CT molecular complexity index is 967. The van der Waals surface area contributed by atoms with Crippen LogP contribution in [0.4, 0.5) is 0 Å². The van der Waals surface area contributed by atoms with Gasteiger partial charge in [-0.3, -0.25) is 14.4 Å². The number of carbonyl (C=O) groups excluding carboxylic acids is 3. The third-order valence-electron chi connectivity index (χ3n) is 6.79. The first kappa shape index (κ1) is 25.8. The Kier molecular flexibility index (Phi) is 8.78. The molecule has 5 nitrogen and oxygen atoms in total. The van der Waals surface area contributed by atoms with E-state index in [4.69, 9.17) is 5.73 Å². The maximum absolute atomic E-state index is 13.5. The molecule has 1 amide bonds. The van der Waals surface area contributed by atoms with Crippen LogP contribution in [-0.4, -0.2) is 29.6 Å². The van der Waals surface area contributed by atoms with E-state index in [2.05, 4.69) is 19.2 Å². The first-order valence-electron chi connectivity index (χ1n) is 12.4. The summed E-state index contributed by atoms with van der Waals surface area (Å²) >= 11 is 0. The third-order valence-corrected chi connectivity index (χ3v) is 6.79. The molecule has 1 aliphatic rings. The number of Topliss-reactive ketones (excluding diaryl/α,β-unsaturated/α-hetero) is 2. The molecule has 0 aliphatic heterocycles. The van der Waals surface area contributed by atoms with Crippen molar-refractivity contribution in [3.63, 3.8) is 0 Å². The van der Waals surface area contributed by atoms with Gasteiger partial charge in [0, 0.05) is 17.8 Å². The van der Waals surface area contributed by atoms with E-state index in [1.54, 1.807) is 0 Å². The summed E-state index contributed by atoms with van der Waals surface area (Å²) in [6.07, 6.45) is 3.25. The van der Waals surface area contributed by atoms with E-state index < -0.39 is 18.0 Å². The molecule has 0 heterocycles. The van der Waals surface area contributed by atoms with E-state index in [0.717, 1.165) is 24.0 Å². The highest BCUT2D eigenvalue weighted by Crippen LogP contribution is 2.47. The lowest BCUT2D eigenvalue weighted by Gasteiger charge is -2.26. The molecule has 1 fully saturated rings. The fourth-order valence-electron chi connectivity index (χ4n) is 4.38. The molecule has 3 rings (SSSR count). The number of amides is 1. The Hall–Kier alpha value is -2.79. The number of rotatable bonds is 13. The van der Waals surface area contributed by atoms with Crippen molar-refractivity contribution in [3.8, 4) is 0 Å². The molecule has 1 aliphatic carbocycles. The summed E-state index contributed by atoms with van der Waals surface area (Å²) in [6.45, 7) is 6.08. The van der Waals surface area contributed by atoms with Crippen molar-refractivity contribution >= 4 is 17.5 Å². The van der Waals surface area contributed by atoms with Gasteiger partial charge in [-0.05, 0) is 49.1 Å². The molecule has 3 atom stereocenters. The molecule has 1 saturated carbocycles. The summed E-state index contributed by atoms with van der Waals surface area (Å²) in [4.78, 5) is 39.6. The van der Waals surface area contributed by atoms with Gasteiger partial charge in [-0.25, -0.2) is 0 Å². The van der Waals surface area contributed by atoms with E-state index >= 15 is 0 Å². The SMILES string of the molecule is CC(C)C[C@H](NC(=O)[C@@H](CC(=O)[C@@H](N)Cc1ccccc1)Cc1ccccc1)C(=O)C1(C)CC1. The van der Waals surface area contributed by atoms with Crippen LogP contribution in [0.25, 0.3) is 0 Å². The maximum atomic E-state index is 13.5. The summed E-state index contributed by atoms with van der Waals surface area (Å²) in [7, 11) is 0. The number of ketones is 2. The van der Waals surface area contributed by atoms with Crippen LogP contribution in [0, 0.1) is 17.3 Å². The van der Waals surface area contributed by atoms with Gasteiger partial charge in [0.25, 0.3) is 0 Å². The van der Waals surface area contributed by atoms with Gasteiger partial charge in [-0.15, -0.1) is 0 Å². The van der Waals surface area contributed by atoms with E-state index in [-0.39, 0.29) is 35.2 Å². The largest absolute Gasteiger partial charge is 0.346 e. The summed E-state index contributed by atoms with van der Waals surface area (Å²) in [6, 6.07) is 18.1. The van der Waals surface area contributed by atoms with Crippen LogP contribution in [0.1, 0.15) is 57.6 Å². The molecular weight excluding hydrogens is 424 g/mol. The molecule has 0 radical (unpaired) electrons. The second-order valence-electron chi connectivity index (χ2n) is 10.5. The first-order valence-corrected chi connectivity index (χ1v) is 12.4. The predicted molar refractivity (Wildman–Crippen MR) is 135 cm³/mol. The number of nitrogens with one attached hydrogen (secondary N) is 1. The predicted octanol–water partition coefficient (Wildman–Crippen LogP) is 4.27. The zero-order chi connectivity index (χ0) is 24.7. The second kappa shape index (κ2) is 11.6. The Labute approximate surface area is 203 Å². The minimum atomic E-state index is -0.674. The molecule has 0 unspecified atom stereocenters. The van der Waals surface area contributed by atoms with Gasteiger partial charge in [0.1, 0.15) is 0 Å². The molecular formula is C29H38N2O3. The Balaban J connectivity index is 1.73. The number of nitrogens with two attached hydrogens (primary N) is 1. The number of benzene rings is 2. The molecule has 3 N–H and O–H groups in total. The Morgan fingerprint density at radius 2 is 1.44 bits per heavy atom. The minimum absolute atomic E-state index is 0.0502.